The molecule has 0 aliphatic carbocycles. The first-order valence-electron chi connectivity index (χ1n) is 7.82. The highest BCUT2D eigenvalue weighted by Crippen LogP contribution is 2.23. The minimum absolute atomic E-state index is 0.0117. The number of H-pyrrole nitrogens is 1. The van der Waals surface area contributed by atoms with Crippen molar-refractivity contribution in [2.75, 3.05) is 6.54 Å². The molecule has 0 fully saturated rings. The molecule has 4 nitrogen and oxygen atoms in total. The topological polar surface area (TPSA) is 49.0 Å². The summed E-state index contributed by atoms with van der Waals surface area (Å²) in [6.07, 6.45) is 0.811. The number of thiophene rings is 1. The Hall–Kier alpha value is -1.76. The first-order chi connectivity index (χ1) is 11.7. The summed E-state index contributed by atoms with van der Waals surface area (Å²) >= 11 is 5.10. The summed E-state index contributed by atoms with van der Waals surface area (Å²) in [5.74, 6) is 0.689. The van der Waals surface area contributed by atoms with Gasteiger partial charge in [0.05, 0.1) is 16.1 Å². The van der Waals surface area contributed by atoms with Gasteiger partial charge in [0.2, 0.25) is 0 Å². The number of halogens is 1. The molecule has 0 bridgehead atoms. The number of rotatable bonds is 3. The molecule has 0 atom stereocenters. The first-order valence-corrected chi connectivity index (χ1v) is 9.49. The van der Waals surface area contributed by atoms with E-state index in [0.717, 1.165) is 40.1 Å². The van der Waals surface area contributed by atoms with Crippen LogP contribution in [0.5, 0.6) is 0 Å². The molecule has 0 unspecified atom stereocenters. The summed E-state index contributed by atoms with van der Waals surface area (Å²) in [5.41, 5.74) is 2.97. The second kappa shape index (κ2) is 6.63. The Balaban J connectivity index is 1.58. The number of fused-ring (bicyclic) bond motifs is 1. The van der Waals surface area contributed by atoms with Crippen LogP contribution in [0.15, 0.2) is 51.0 Å². The number of hydrogen-bond acceptors (Lipinski definition) is 4. The maximum absolute atomic E-state index is 12.5. The van der Waals surface area contributed by atoms with E-state index < -0.39 is 0 Å². The van der Waals surface area contributed by atoms with Crippen LogP contribution in [0.4, 0.5) is 0 Å². The van der Waals surface area contributed by atoms with Crippen LogP contribution in [0.2, 0.25) is 0 Å². The van der Waals surface area contributed by atoms with E-state index in [-0.39, 0.29) is 5.56 Å². The van der Waals surface area contributed by atoms with E-state index in [1.165, 1.54) is 5.56 Å². The van der Waals surface area contributed by atoms with E-state index in [1.807, 2.05) is 29.6 Å². The fourth-order valence-corrected chi connectivity index (χ4v) is 4.16. The van der Waals surface area contributed by atoms with Crippen LogP contribution in [0.3, 0.4) is 0 Å². The zero-order valence-electron chi connectivity index (χ0n) is 13.0. The van der Waals surface area contributed by atoms with Crippen molar-refractivity contribution in [2.24, 2.45) is 0 Å². The predicted molar refractivity (Wildman–Crippen MR) is 100 cm³/mol. The van der Waals surface area contributed by atoms with Gasteiger partial charge in [-0.1, -0.05) is 34.1 Å². The standard InChI is InChI=1S/C18H16BrN3OS/c19-13-4-1-3-12(9-13)10-22-7-6-15-14(11-22)18(23)21-17(20-15)16-5-2-8-24-16/h1-5,8-9H,6-7,10-11H2,(H,20,21,23). The Morgan fingerprint density at radius 2 is 2.21 bits per heavy atom. The second-order valence-corrected chi connectivity index (χ2v) is 7.77. The van der Waals surface area contributed by atoms with Crippen LogP contribution in [0.1, 0.15) is 16.8 Å². The zero-order chi connectivity index (χ0) is 16.5. The van der Waals surface area contributed by atoms with Gasteiger partial charge in [-0.05, 0) is 29.1 Å². The van der Waals surface area contributed by atoms with Crippen molar-refractivity contribution in [1.29, 1.82) is 0 Å². The number of aromatic nitrogens is 2. The highest BCUT2D eigenvalue weighted by molar-refractivity contribution is 9.10. The molecule has 1 aliphatic rings. The third-order valence-corrected chi connectivity index (χ3v) is 5.57. The summed E-state index contributed by atoms with van der Waals surface area (Å²) in [6, 6.07) is 12.3. The lowest BCUT2D eigenvalue weighted by Gasteiger charge is -2.27. The minimum atomic E-state index is -0.0117. The third kappa shape index (κ3) is 3.22. The summed E-state index contributed by atoms with van der Waals surface area (Å²) in [4.78, 5) is 23.4. The highest BCUT2D eigenvalue weighted by Gasteiger charge is 2.21. The average molecular weight is 402 g/mol. The molecule has 1 aromatic carbocycles. The van der Waals surface area contributed by atoms with Crippen molar-refractivity contribution in [3.63, 3.8) is 0 Å². The maximum atomic E-state index is 12.5. The zero-order valence-corrected chi connectivity index (χ0v) is 15.4. The van der Waals surface area contributed by atoms with Crippen LogP contribution in [0.25, 0.3) is 10.7 Å². The largest absolute Gasteiger partial charge is 0.306 e. The summed E-state index contributed by atoms with van der Waals surface area (Å²) in [6.45, 7) is 2.40. The molecule has 1 N–H and O–H groups in total. The van der Waals surface area contributed by atoms with Gasteiger partial charge in [-0.25, -0.2) is 4.98 Å². The fraction of sp³-hybridized carbons (Fsp3) is 0.222. The van der Waals surface area contributed by atoms with Gasteiger partial charge in [-0.2, -0.15) is 0 Å². The molecule has 122 valence electrons. The van der Waals surface area contributed by atoms with E-state index >= 15 is 0 Å². The number of benzene rings is 1. The van der Waals surface area contributed by atoms with Gasteiger partial charge < -0.3 is 4.98 Å². The van der Waals surface area contributed by atoms with Gasteiger partial charge in [0.1, 0.15) is 0 Å². The number of nitrogens with zero attached hydrogens (tertiary/aromatic N) is 2. The van der Waals surface area contributed by atoms with Crippen LogP contribution >= 0.6 is 27.3 Å². The van der Waals surface area contributed by atoms with E-state index in [4.69, 9.17) is 4.98 Å². The van der Waals surface area contributed by atoms with Gasteiger partial charge >= 0.3 is 0 Å². The second-order valence-electron chi connectivity index (χ2n) is 5.91. The normalized spacial score (nSPS) is 14.5. The van der Waals surface area contributed by atoms with Crippen molar-refractivity contribution in [3.05, 3.63) is 73.4 Å². The molecule has 0 amide bonds. The minimum Gasteiger partial charge on any atom is -0.306 e. The first kappa shape index (κ1) is 15.7. The number of hydrogen-bond donors (Lipinski definition) is 1. The summed E-state index contributed by atoms with van der Waals surface area (Å²) < 4.78 is 1.08. The van der Waals surface area contributed by atoms with Crippen LogP contribution in [-0.2, 0) is 19.5 Å². The Kier molecular flexibility index (Phi) is 4.35. The lowest BCUT2D eigenvalue weighted by atomic mass is 10.1. The van der Waals surface area contributed by atoms with Crippen molar-refractivity contribution in [3.8, 4) is 10.7 Å². The van der Waals surface area contributed by atoms with Gasteiger partial charge in [-0.15, -0.1) is 11.3 Å². The Morgan fingerprint density at radius 1 is 1.29 bits per heavy atom. The van der Waals surface area contributed by atoms with E-state index in [2.05, 4.69) is 37.9 Å². The van der Waals surface area contributed by atoms with Crippen LogP contribution in [0, 0.1) is 0 Å². The molecule has 0 radical (unpaired) electrons. The number of aromatic amines is 1. The van der Waals surface area contributed by atoms with E-state index in [1.54, 1.807) is 11.3 Å². The van der Waals surface area contributed by atoms with Gasteiger partial charge in [0.25, 0.3) is 5.56 Å². The lowest BCUT2D eigenvalue weighted by molar-refractivity contribution is 0.242. The molecule has 0 saturated carbocycles. The Bertz CT molecular complexity index is 920. The molecule has 6 heteroatoms. The quantitative estimate of drug-likeness (QED) is 0.725. The summed E-state index contributed by atoms with van der Waals surface area (Å²) in [5, 5.41) is 1.99. The Morgan fingerprint density at radius 3 is 3.00 bits per heavy atom. The van der Waals surface area contributed by atoms with Crippen LogP contribution < -0.4 is 5.56 Å². The van der Waals surface area contributed by atoms with Crippen molar-refractivity contribution in [1.82, 2.24) is 14.9 Å². The molecular weight excluding hydrogens is 386 g/mol. The molecular formula is C18H16BrN3OS. The van der Waals surface area contributed by atoms with Gasteiger partial charge in [0, 0.05) is 30.5 Å². The van der Waals surface area contributed by atoms with Crippen molar-refractivity contribution >= 4 is 27.3 Å². The molecule has 3 aromatic rings. The maximum Gasteiger partial charge on any atom is 0.255 e. The lowest BCUT2D eigenvalue weighted by Crippen LogP contribution is -2.35. The summed E-state index contributed by atoms with van der Waals surface area (Å²) in [7, 11) is 0. The average Bonchev–Trinajstić information content (AvgIpc) is 3.10. The molecule has 0 saturated heterocycles. The van der Waals surface area contributed by atoms with Gasteiger partial charge in [0.15, 0.2) is 5.82 Å². The number of nitrogens with one attached hydrogen (secondary N) is 1. The van der Waals surface area contributed by atoms with Gasteiger partial charge in [-0.3, -0.25) is 9.69 Å². The fourth-order valence-electron chi connectivity index (χ4n) is 3.04. The highest BCUT2D eigenvalue weighted by atomic mass is 79.9. The molecule has 2 aromatic heterocycles. The van der Waals surface area contributed by atoms with Crippen LogP contribution in [-0.4, -0.2) is 21.4 Å². The monoisotopic (exact) mass is 401 g/mol. The smallest absolute Gasteiger partial charge is 0.255 e. The Labute approximate surface area is 152 Å². The van der Waals surface area contributed by atoms with Crippen molar-refractivity contribution < 1.29 is 0 Å². The molecule has 0 spiro atoms. The predicted octanol–water partition coefficient (Wildman–Crippen LogP) is 3.82. The molecule has 4 rings (SSSR count). The molecule has 3 heterocycles. The van der Waals surface area contributed by atoms with E-state index in [0.29, 0.717) is 12.4 Å². The molecule has 1 aliphatic heterocycles. The SMILES string of the molecule is O=c1[nH]c(-c2cccs2)nc2c1CN(Cc1cccc(Br)c1)CC2. The molecule has 24 heavy (non-hydrogen) atoms. The van der Waals surface area contributed by atoms with E-state index in [9.17, 15) is 4.79 Å². The van der Waals surface area contributed by atoms with Crippen molar-refractivity contribution in [2.45, 2.75) is 19.5 Å². The third-order valence-electron chi connectivity index (χ3n) is 4.20.